The van der Waals surface area contributed by atoms with Crippen molar-refractivity contribution >= 4 is 5.91 Å². The van der Waals surface area contributed by atoms with E-state index in [-0.39, 0.29) is 5.91 Å². The van der Waals surface area contributed by atoms with Gasteiger partial charge in [0.15, 0.2) is 0 Å². The van der Waals surface area contributed by atoms with E-state index < -0.39 is 0 Å². The van der Waals surface area contributed by atoms with Gasteiger partial charge in [-0.2, -0.15) is 5.01 Å². The number of nitroso groups, excluding NO2 is 1. The standard InChI is InChI=1S/C8H14N2O2/c1-10(9-12)8(11)6-7-4-2-3-5-7/h7H,2-6H2,1H3. The molecule has 0 heterocycles. The summed E-state index contributed by atoms with van der Waals surface area (Å²) in [6.45, 7) is 0. The molecular formula is C8H14N2O2. The first-order chi connectivity index (χ1) is 5.74. The van der Waals surface area contributed by atoms with Crippen LogP contribution in [0.3, 0.4) is 0 Å². The van der Waals surface area contributed by atoms with Crippen molar-refractivity contribution in [3.8, 4) is 0 Å². The first-order valence-electron chi connectivity index (χ1n) is 4.34. The zero-order chi connectivity index (χ0) is 8.97. The summed E-state index contributed by atoms with van der Waals surface area (Å²) in [4.78, 5) is 21.1. The molecule has 0 atom stereocenters. The molecule has 0 spiro atoms. The van der Waals surface area contributed by atoms with Gasteiger partial charge in [-0.3, -0.25) is 4.79 Å². The summed E-state index contributed by atoms with van der Waals surface area (Å²) in [6.07, 6.45) is 5.17. The Balaban J connectivity index is 2.29. The van der Waals surface area contributed by atoms with E-state index in [1.807, 2.05) is 0 Å². The molecule has 1 fully saturated rings. The Morgan fingerprint density at radius 3 is 2.58 bits per heavy atom. The molecule has 1 aliphatic rings. The molecule has 1 saturated carbocycles. The predicted molar refractivity (Wildman–Crippen MR) is 45.1 cm³/mol. The van der Waals surface area contributed by atoms with Crippen LogP contribution in [0.15, 0.2) is 5.29 Å². The number of carbonyl (C=O) groups is 1. The van der Waals surface area contributed by atoms with Crippen LogP contribution in [0.1, 0.15) is 32.1 Å². The van der Waals surface area contributed by atoms with Gasteiger partial charge in [-0.15, -0.1) is 4.91 Å². The third-order valence-corrected chi connectivity index (χ3v) is 2.42. The summed E-state index contributed by atoms with van der Waals surface area (Å²) < 4.78 is 0. The van der Waals surface area contributed by atoms with Crippen LogP contribution in [0.4, 0.5) is 0 Å². The molecule has 0 aromatic heterocycles. The molecule has 4 heteroatoms. The molecular weight excluding hydrogens is 156 g/mol. The molecule has 0 aromatic carbocycles. The largest absolute Gasteiger partial charge is 0.273 e. The lowest BCUT2D eigenvalue weighted by Gasteiger charge is -2.10. The average Bonchev–Trinajstić information content (AvgIpc) is 2.55. The zero-order valence-corrected chi connectivity index (χ0v) is 7.32. The first-order valence-corrected chi connectivity index (χ1v) is 4.34. The van der Waals surface area contributed by atoms with Crippen LogP contribution in [-0.2, 0) is 4.79 Å². The molecule has 1 rings (SSSR count). The minimum Gasteiger partial charge on any atom is -0.273 e. The molecule has 0 aromatic rings. The van der Waals surface area contributed by atoms with Crippen LogP contribution < -0.4 is 0 Å². The molecule has 1 amide bonds. The molecule has 0 radical (unpaired) electrons. The maximum absolute atomic E-state index is 11.2. The molecule has 0 N–H and O–H groups in total. The predicted octanol–water partition coefficient (Wildman–Crippen LogP) is 1.71. The van der Waals surface area contributed by atoms with Crippen LogP contribution in [-0.4, -0.2) is 18.0 Å². The Morgan fingerprint density at radius 1 is 1.50 bits per heavy atom. The molecule has 4 nitrogen and oxygen atoms in total. The van der Waals surface area contributed by atoms with E-state index in [1.54, 1.807) is 0 Å². The van der Waals surface area contributed by atoms with E-state index in [4.69, 9.17) is 0 Å². The molecule has 0 bridgehead atoms. The third-order valence-electron chi connectivity index (χ3n) is 2.42. The Bertz CT molecular complexity index is 176. The van der Waals surface area contributed by atoms with E-state index in [0.717, 1.165) is 17.9 Å². The summed E-state index contributed by atoms with van der Waals surface area (Å²) in [5.41, 5.74) is 0. The molecule has 0 saturated heterocycles. The van der Waals surface area contributed by atoms with Crippen LogP contribution in [0.5, 0.6) is 0 Å². The zero-order valence-electron chi connectivity index (χ0n) is 7.32. The average molecular weight is 170 g/mol. The van der Waals surface area contributed by atoms with E-state index in [0.29, 0.717) is 12.3 Å². The number of carbonyl (C=O) groups excluding carboxylic acids is 1. The highest BCUT2D eigenvalue weighted by atomic mass is 16.3. The molecule has 12 heavy (non-hydrogen) atoms. The van der Waals surface area contributed by atoms with Crippen LogP contribution >= 0.6 is 0 Å². The summed E-state index contributed by atoms with van der Waals surface area (Å²) in [7, 11) is 1.41. The van der Waals surface area contributed by atoms with Crippen molar-refractivity contribution < 1.29 is 4.79 Å². The molecule has 68 valence electrons. The highest BCUT2D eigenvalue weighted by molar-refractivity contribution is 5.75. The third kappa shape index (κ3) is 2.29. The fourth-order valence-electron chi connectivity index (χ4n) is 1.64. The fourth-order valence-corrected chi connectivity index (χ4v) is 1.64. The van der Waals surface area contributed by atoms with Gasteiger partial charge in [-0.25, -0.2) is 0 Å². The number of hydrogen-bond acceptors (Lipinski definition) is 3. The maximum Gasteiger partial charge on any atom is 0.245 e. The van der Waals surface area contributed by atoms with E-state index in [1.165, 1.54) is 19.9 Å². The SMILES string of the molecule is CN(N=O)C(=O)CC1CCCC1. The van der Waals surface area contributed by atoms with Crippen LogP contribution in [0, 0.1) is 10.8 Å². The lowest BCUT2D eigenvalue weighted by Crippen LogP contribution is -2.22. The number of nitrogens with zero attached hydrogens (tertiary/aromatic N) is 2. The van der Waals surface area contributed by atoms with Gasteiger partial charge in [-0.05, 0) is 18.8 Å². The van der Waals surface area contributed by atoms with Gasteiger partial charge in [-0.1, -0.05) is 12.8 Å². The van der Waals surface area contributed by atoms with Gasteiger partial charge in [0.2, 0.25) is 5.91 Å². The minimum atomic E-state index is -0.156. The summed E-state index contributed by atoms with van der Waals surface area (Å²) >= 11 is 0. The quantitative estimate of drug-likeness (QED) is 0.478. The van der Waals surface area contributed by atoms with Crippen molar-refractivity contribution in [2.45, 2.75) is 32.1 Å². The van der Waals surface area contributed by atoms with E-state index in [9.17, 15) is 9.70 Å². The summed E-state index contributed by atoms with van der Waals surface area (Å²) in [6, 6.07) is 0. The second-order valence-corrected chi connectivity index (χ2v) is 3.35. The van der Waals surface area contributed by atoms with E-state index in [2.05, 4.69) is 5.29 Å². The second-order valence-electron chi connectivity index (χ2n) is 3.35. The lowest BCUT2D eigenvalue weighted by atomic mass is 10.0. The highest BCUT2D eigenvalue weighted by Gasteiger charge is 2.20. The minimum absolute atomic E-state index is 0.156. The molecule has 0 unspecified atom stereocenters. The van der Waals surface area contributed by atoms with Crippen molar-refractivity contribution in [2.24, 2.45) is 11.2 Å². The molecule has 0 aliphatic heterocycles. The smallest absolute Gasteiger partial charge is 0.245 e. The number of amides is 1. The van der Waals surface area contributed by atoms with Gasteiger partial charge in [0.05, 0.1) is 5.29 Å². The highest BCUT2D eigenvalue weighted by Crippen LogP contribution is 2.27. The number of hydrogen-bond donors (Lipinski definition) is 0. The normalized spacial score (nSPS) is 17.8. The Hall–Kier alpha value is -0.930. The Kier molecular flexibility index (Phi) is 3.19. The van der Waals surface area contributed by atoms with Gasteiger partial charge in [0.1, 0.15) is 0 Å². The molecule has 1 aliphatic carbocycles. The van der Waals surface area contributed by atoms with Gasteiger partial charge < -0.3 is 0 Å². The monoisotopic (exact) mass is 170 g/mol. The van der Waals surface area contributed by atoms with Crippen LogP contribution in [0.2, 0.25) is 0 Å². The van der Waals surface area contributed by atoms with Crippen molar-refractivity contribution in [3.63, 3.8) is 0 Å². The topological polar surface area (TPSA) is 49.7 Å². The van der Waals surface area contributed by atoms with E-state index >= 15 is 0 Å². The Morgan fingerprint density at radius 2 is 2.08 bits per heavy atom. The summed E-state index contributed by atoms with van der Waals surface area (Å²) in [5, 5.41) is 3.45. The lowest BCUT2D eigenvalue weighted by molar-refractivity contribution is -0.130. The van der Waals surface area contributed by atoms with Crippen molar-refractivity contribution in [2.75, 3.05) is 7.05 Å². The van der Waals surface area contributed by atoms with Crippen LogP contribution in [0.25, 0.3) is 0 Å². The van der Waals surface area contributed by atoms with Gasteiger partial charge >= 0.3 is 0 Å². The summed E-state index contributed by atoms with van der Waals surface area (Å²) in [5.74, 6) is 0.332. The Labute approximate surface area is 71.9 Å². The van der Waals surface area contributed by atoms with Crippen molar-refractivity contribution in [1.29, 1.82) is 0 Å². The van der Waals surface area contributed by atoms with Gasteiger partial charge in [0.25, 0.3) is 0 Å². The maximum atomic E-state index is 11.2. The van der Waals surface area contributed by atoms with Gasteiger partial charge in [0, 0.05) is 13.5 Å². The first kappa shape index (κ1) is 9.16. The van der Waals surface area contributed by atoms with Crippen molar-refractivity contribution in [1.82, 2.24) is 5.01 Å². The van der Waals surface area contributed by atoms with Crippen molar-refractivity contribution in [3.05, 3.63) is 4.91 Å². The second kappa shape index (κ2) is 4.18. The number of rotatable bonds is 3. The fraction of sp³-hybridized carbons (Fsp3) is 0.875.